The Kier molecular flexibility index (Phi) is 3.86. The summed E-state index contributed by atoms with van der Waals surface area (Å²) in [5.74, 6) is 1.60. The molecule has 4 heterocycles. The molecule has 3 aromatic heterocycles. The van der Waals surface area contributed by atoms with Crippen molar-refractivity contribution in [3.63, 3.8) is 0 Å². The largest absolute Gasteiger partial charge is 0.422 e. The van der Waals surface area contributed by atoms with E-state index in [-0.39, 0.29) is 5.92 Å². The Morgan fingerprint density at radius 2 is 2.04 bits per heavy atom. The Balaban J connectivity index is 1.49. The molecule has 1 saturated heterocycles. The first-order valence-corrected chi connectivity index (χ1v) is 8.14. The molecule has 24 heavy (non-hydrogen) atoms. The predicted octanol–water partition coefficient (Wildman–Crippen LogP) is 2.27. The van der Waals surface area contributed by atoms with Gasteiger partial charge in [-0.2, -0.15) is 4.98 Å². The van der Waals surface area contributed by atoms with Crippen LogP contribution < -0.4 is 4.90 Å². The molecule has 7 heteroatoms. The second kappa shape index (κ2) is 6.16. The molecule has 0 aliphatic carbocycles. The highest BCUT2D eigenvalue weighted by atomic mass is 16.4. The van der Waals surface area contributed by atoms with Crippen molar-refractivity contribution in [3.05, 3.63) is 42.3 Å². The summed E-state index contributed by atoms with van der Waals surface area (Å²) in [6, 6.07) is 5.65. The molecule has 1 fully saturated rings. The van der Waals surface area contributed by atoms with E-state index in [0.717, 1.165) is 37.4 Å². The molecule has 4 rings (SSSR count). The number of aryl methyl sites for hydroxylation is 1. The number of aliphatic hydroxyl groups excluding tert-OH is 1. The topological polar surface area (TPSA) is 88.2 Å². The summed E-state index contributed by atoms with van der Waals surface area (Å²) in [6.07, 6.45) is 4.46. The van der Waals surface area contributed by atoms with Crippen LogP contribution in [0.1, 0.15) is 30.5 Å². The third-order valence-corrected chi connectivity index (χ3v) is 4.56. The molecule has 124 valence electrons. The van der Waals surface area contributed by atoms with Crippen molar-refractivity contribution in [2.75, 3.05) is 18.0 Å². The van der Waals surface area contributed by atoms with Crippen LogP contribution in [0, 0.1) is 12.8 Å². The minimum absolute atomic E-state index is 0.201. The molecule has 0 amide bonds. The number of rotatable bonds is 3. The van der Waals surface area contributed by atoms with Gasteiger partial charge >= 0.3 is 0 Å². The number of piperidine rings is 1. The van der Waals surface area contributed by atoms with Crippen molar-refractivity contribution in [1.82, 2.24) is 19.9 Å². The number of anilines is 1. The van der Waals surface area contributed by atoms with E-state index in [1.165, 1.54) is 6.33 Å². The monoisotopic (exact) mass is 325 g/mol. The maximum Gasteiger partial charge on any atom is 0.252 e. The summed E-state index contributed by atoms with van der Waals surface area (Å²) in [4.78, 5) is 19.4. The van der Waals surface area contributed by atoms with Crippen LogP contribution in [0.5, 0.6) is 0 Å². The van der Waals surface area contributed by atoms with Crippen LogP contribution in [0.4, 0.5) is 5.82 Å². The maximum atomic E-state index is 10.5. The van der Waals surface area contributed by atoms with Crippen molar-refractivity contribution in [3.8, 4) is 0 Å². The van der Waals surface area contributed by atoms with Gasteiger partial charge in [-0.25, -0.2) is 9.97 Å². The fraction of sp³-hybridized carbons (Fsp3) is 0.412. The Hall–Kier alpha value is -2.54. The van der Waals surface area contributed by atoms with Crippen LogP contribution in [0.3, 0.4) is 0 Å². The van der Waals surface area contributed by atoms with Crippen LogP contribution >= 0.6 is 0 Å². The van der Waals surface area contributed by atoms with Gasteiger partial charge in [-0.1, -0.05) is 6.07 Å². The van der Waals surface area contributed by atoms with Gasteiger partial charge in [0.25, 0.3) is 5.71 Å². The van der Waals surface area contributed by atoms with Gasteiger partial charge in [0, 0.05) is 26.2 Å². The summed E-state index contributed by atoms with van der Waals surface area (Å²) in [7, 11) is 0. The molecule has 0 unspecified atom stereocenters. The molecule has 1 atom stereocenters. The minimum atomic E-state index is -0.520. The zero-order valence-corrected chi connectivity index (χ0v) is 13.5. The van der Waals surface area contributed by atoms with E-state index < -0.39 is 6.10 Å². The highest BCUT2D eigenvalue weighted by Crippen LogP contribution is 2.32. The molecule has 0 bridgehead atoms. The lowest BCUT2D eigenvalue weighted by molar-refractivity contribution is 0.0890. The zero-order valence-electron chi connectivity index (χ0n) is 13.5. The Labute approximate surface area is 139 Å². The van der Waals surface area contributed by atoms with Crippen LogP contribution in [0.2, 0.25) is 0 Å². The number of aromatic nitrogens is 4. The van der Waals surface area contributed by atoms with Crippen molar-refractivity contribution in [1.29, 1.82) is 0 Å². The van der Waals surface area contributed by atoms with Gasteiger partial charge in [0.05, 0.1) is 11.8 Å². The highest BCUT2D eigenvalue weighted by molar-refractivity contribution is 5.81. The minimum Gasteiger partial charge on any atom is -0.422 e. The van der Waals surface area contributed by atoms with Gasteiger partial charge in [-0.15, -0.1) is 0 Å². The van der Waals surface area contributed by atoms with E-state index in [2.05, 4.69) is 24.8 Å². The van der Waals surface area contributed by atoms with Gasteiger partial charge in [0.2, 0.25) is 0 Å². The third-order valence-electron chi connectivity index (χ3n) is 4.56. The predicted molar refractivity (Wildman–Crippen MR) is 88.5 cm³/mol. The number of pyridine rings is 1. The van der Waals surface area contributed by atoms with Crippen molar-refractivity contribution < 1.29 is 9.52 Å². The second-order valence-corrected chi connectivity index (χ2v) is 6.11. The van der Waals surface area contributed by atoms with Gasteiger partial charge in [0.15, 0.2) is 17.2 Å². The number of hydrogen-bond acceptors (Lipinski definition) is 7. The Morgan fingerprint density at radius 1 is 1.21 bits per heavy atom. The number of hydrogen-bond donors (Lipinski definition) is 1. The van der Waals surface area contributed by atoms with Crippen LogP contribution in [-0.4, -0.2) is 38.1 Å². The van der Waals surface area contributed by atoms with E-state index in [9.17, 15) is 5.11 Å². The fourth-order valence-electron chi connectivity index (χ4n) is 3.30. The van der Waals surface area contributed by atoms with Gasteiger partial charge in [-0.3, -0.25) is 4.98 Å². The number of oxazole rings is 1. The van der Waals surface area contributed by atoms with Crippen molar-refractivity contribution in [2.45, 2.75) is 25.9 Å². The first kappa shape index (κ1) is 15.0. The molecule has 0 spiro atoms. The molecule has 0 aromatic carbocycles. The first-order valence-electron chi connectivity index (χ1n) is 8.14. The van der Waals surface area contributed by atoms with E-state index in [1.807, 2.05) is 18.2 Å². The molecule has 1 aliphatic rings. The molecule has 0 saturated carbocycles. The first-order chi connectivity index (χ1) is 11.7. The molecular weight excluding hydrogens is 306 g/mol. The van der Waals surface area contributed by atoms with E-state index in [4.69, 9.17) is 4.42 Å². The average molecular weight is 325 g/mol. The molecule has 3 aromatic rings. The van der Waals surface area contributed by atoms with E-state index in [1.54, 1.807) is 13.1 Å². The lowest BCUT2D eigenvalue weighted by atomic mass is 9.89. The standard InChI is InChI=1S/C17H19N5O2/c1-11-21-14-16(19-10-20-17(14)24-11)22-8-5-12(6-9-22)15(23)13-4-2-3-7-18-13/h2-4,7,10,12,15,23H,5-6,8-9H2,1H3/t15-/m1/s1. The maximum absolute atomic E-state index is 10.5. The van der Waals surface area contributed by atoms with Crippen LogP contribution in [0.25, 0.3) is 11.2 Å². The summed E-state index contributed by atoms with van der Waals surface area (Å²) in [5.41, 5.74) is 1.97. The number of nitrogens with zero attached hydrogens (tertiary/aromatic N) is 5. The van der Waals surface area contributed by atoms with Crippen LogP contribution in [-0.2, 0) is 0 Å². The molecular formula is C17H19N5O2. The van der Waals surface area contributed by atoms with Gasteiger partial charge in [0.1, 0.15) is 6.33 Å². The van der Waals surface area contributed by atoms with E-state index in [0.29, 0.717) is 17.1 Å². The summed E-state index contributed by atoms with van der Waals surface area (Å²) >= 11 is 0. The Morgan fingerprint density at radius 3 is 2.79 bits per heavy atom. The fourth-order valence-corrected chi connectivity index (χ4v) is 3.30. The van der Waals surface area contributed by atoms with E-state index >= 15 is 0 Å². The number of fused-ring (bicyclic) bond motifs is 1. The normalized spacial score (nSPS) is 17.3. The third kappa shape index (κ3) is 2.71. The quantitative estimate of drug-likeness (QED) is 0.790. The molecule has 1 N–H and O–H groups in total. The van der Waals surface area contributed by atoms with Gasteiger partial charge in [-0.05, 0) is 30.9 Å². The molecule has 7 nitrogen and oxygen atoms in total. The van der Waals surface area contributed by atoms with Gasteiger partial charge < -0.3 is 14.4 Å². The lowest BCUT2D eigenvalue weighted by Crippen LogP contribution is -2.36. The molecule has 0 radical (unpaired) electrons. The number of aliphatic hydroxyl groups is 1. The summed E-state index contributed by atoms with van der Waals surface area (Å²) in [5, 5.41) is 10.5. The molecule has 1 aliphatic heterocycles. The van der Waals surface area contributed by atoms with Crippen molar-refractivity contribution in [2.24, 2.45) is 5.92 Å². The SMILES string of the molecule is Cc1nc2c(N3CCC([C@@H](O)c4ccccn4)CC3)ncnc2o1. The average Bonchev–Trinajstić information content (AvgIpc) is 3.02. The second-order valence-electron chi connectivity index (χ2n) is 6.11. The smallest absolute Gasteiger partial charge is 0.252 e. The lowest BCUT2D eigenvalue weighted by Gasteiger charge is -2.34. The van der Waals surface area contributed by atoms with Crippen LogP contribution in [0.15, 0.2) is 35.1 Å². The summed E-state index contributed by atoms with van der Waals surface area (Å²) in [6.45, 7) is 3.43. The highest BCUT2D eigenvalue weighted by Gasteiger charge is 2.28. The summed E-state index contributed by atoms with van der Waals surface area (Å²) < 4.78 is 5.48. The van der Waals surface area contributed by atoms with Crippen molar-refractivity contribution >= 4 is 17.0 Å². The zero-order chi connectivity index (χ0) is 16.5. The Bertz CT molecular complexity index is 827.